The molecule has 1 atom stereocenters. The Bertz CT molecular complexity index is 782. The monoisotopic (exact) mass is 325 g/mol. The Morgan fingerprint density at radius 1 is 1.38 bits per heavy atom. The van der Waals surface area contributed by atoms with Crippen LogP contribution in [0.1, 0.15) is 47.4 Å². The molecule has 1 aliphatic heterocycles. The first-order valence-electron chi connectivity index (χ1n) is 8.19. The van der Waals surface area contributed by atoms with E-state index in [4.69, 9.17) is 0 Å². The predicted octanol–water partition coefficient (Wildman–Crippen LogP) is 1.44. The summed E-state index contributed by atoms with van der Waals surface area (Å²) in [6, 6.07) is 5.49. The number of hydrogen-bond donors (Lipinski definition) is 2. The summed E-state index contributed by atoms with van der Waals surface area (Å²) in [4.78, 5) is 30.2. The Balaban J connectivity index is 1.65. The third-order valence-electron chi connectivity index (χ3n) is 4.71. The van der Waals surface area contributed by atoms with E-state index in [2.05, 4.69) is 20.5 Å². The summed E-state index contributed by atoms with van der Waals surface area (Å²) in [6.45, 7) is 2.79. The normalized spacial score (nSPS) is 19.2. The summed E-state index contributed by atoms with van der Waals surface area (Å²) in [5, 5.41) is 9.76. The van der Waals surface area contributed by atoms with E-state index >= 15 is 0 Å². The van der Waals surface area contributed by atoms with Crippen molar-refractivity contribution in [3.63, 3.8) is 0 Å². The first-order chi connectivity index (χ1) is 11.6. The number of nitrogens with zero attached hydrogens (tertiary/aromatic N) is 3. The number of carbonyl (C=O) groups excluding carboxylic acids is 2. The van der Waals surface area contributed by atoms with E-state index in [-0.39, 0.29) is 17.7 Å². The first kappa shape index (κ1) is 14.9. The van der Waals surface area contributed by atoms with Crippen molar-refractivity contribution >= 4 is 17.5 Å². The molecule has 0 bridgehead atoms. The second-order valence-electron chi connectivity index (χ2n) is 6.48. The van der Waals surface area contributed by atoms with E-state index in [1.807, 2.05) is 12.1 Å². The van der Waals surface area contributed by atoms with Crippen LogP contribution in [0.15, 0.2) is 24.5 Å². The second kappa shape index (κ2) is 5.74. The molecule has 0 saturated heterocycles. The standard InChI is InChI=1S/C17H19N5O2/c1-10(23)22-8-14(16-19-9-20-21-16)13-6-12(4-5-15(13)22)17(24)18-7-11-2-3-11/h4-6,9,11,14H,2-3,7-8H2,1H3,(H,18,24)(H,19,20,21). The van der Waals surface area contributed by atoms with Crippen molar-refractivity contribution in [2.75, 3.05) is 18.0 Å². The third-order valence-corrected chi connectivity index (χ3v) is 4.71. The molecule has 24 heavy (non-hydrogen) atoms. The van der Waals surface area contributed by atoms with E-state index in [0.29, 0.717) is 23.9 Å². The van der Waals surface area contributed by atoms with Gasteiger partial charge in [-0.15, -0.1) is 0 Å². The maximum absolute atomic E-state index is 12.4. The zero-order valence-corrected chi connectivity index (χ0v) is 13.5. The summed E-state index contributed by atoms with van der Waals surface area (Å²) >= 11 is 0. The van der Waals surface area contributed by atoms with Crippen LogP contribution in [0.3, 0.4) is 0 Å². The quantitative estimate of drug-likeness (QED) is 0.890. The highest BCUT2D eigenvalue weighted by Gasteiger charge is 2.34. The van der Waals surface area contributed by atoms with Crippen LogP contribution in [0.4, 0.5) is 5.69 Å². The van der Waals surface area contributed by atoms with Crippen molar-refractivity contribution in [1.29, 1.82) is 0 Å². The fourth-order valence-electron chi connectivity index (χ4n) is 3.18. The van der Waals surface area contributed by atoms with Gasteiger partial charge in [0.2, 0.25) is 5.91 Å². The van der Waals surface area contributed by atoms with Crippen LogP contribution in [0.5, 0.6) is 0 Å². The Hall–Kier alpha value is -2.70. The molecule has 2 aliphatic rings. The Kier molecular flexibility index (Phi) is 3.55. The molecule has 7 nitrogen and oxygen atoms in total. The van der Waals surface area contributed by atoms with E-state index in [1.54, 1.807) is 17.9 Å². The van der Waals surface area contributed by atoms with Gasteiger partial charge in [0, 0.05) is 31.3 Å². The van der Waals surface area contributed by atoms with Crippen molar-refractivity contribution in [3.8, 4) is 0 Å². The molecule has 1 aromatic carbocycles. The van der Waals surface area contributed by atoms with Gasteiger partial charge in [0.05, 0.1) is 5.92 Å². The maximum Gasteiger partial charge on any atom is 0.251 e. The van der Waals surface area contributed by atoms with Crippen LogP contribution in [-0.4, -0.2) is 40.1 Å². The molecule has 2 amide bonds. The molecule has 0 spiro atoms. The van der Waals surface area contributed by atoms with Gasteiger partial charge in [-0.2, -0.15) is 5.10 Å². The highest BCUT2D eigenvalue weighted by atomic mass is 16.2. The fourth-order valence-corrected chi connectivity index (χ4v) is 3.18. The van der Waals surface area contributed by atoms with Gasteiger partial charge in [0.25, 0.3) is 5.91 Å². The topological polar surface area (TPSA) is 91.0 Å². The molecule has 0 radical (unpaired) electrons. The third kappa shape index (κ3) is 2.66. The van der Waals surface area contributed by atoms with Crippen LogP contribution in [-0.2, 0) is 4.79 Å². The zero-order valence-electron chi connectivity index (χ0n) is 13.5. The van der Waals surface area contributed by atoms with Crippen molar-refractivity contribution in [3.05, 3.63) is 41.5 Å². The van der Waals surface area contributed by atoms with Gasteiger partial charge in [-0.1, -0.05) is 0 Å². The highest BCUT2D eigenvalue weighted by molar-refractivity contribution is 5.98. The Morgan fingerprint density at radius 2 is 2.21 bits per heavy atom. The van der Waals surface area contributed by atoms with Gasteiger partial charge in [0.15, 0.2) is 0 Å². The maximum atomic E-state index is 12.4. The van der Waals surface area contributed by atoms with E-state index < -0.39 is 0 Å². The van der Waals surface area contributed by atoms with Gasteiger partial charge >= 0.3 is 0 Å². The van der Waals surface area contributed by atoms with Crippen molar-refractivity contribution in [2.45, 2.75) is 25.7 Å². The van der Waals surface area contributed by atoms with Crippen LogP contribution in [0.2, 0.25) is 0 Å². The lowest BCUT2D eigenvalue weighted by Crippen LogP contribution is -2.27. The Morgan fingerprint density at radius 3 is 2.88 bits per heavy atom. The molecule has 1 fully saturated rings. The molecule has 124 valence electrons. The number of anilines is 1. The second-order valence-corrected chi connectivity index (χ2v) is 6.48. The van der Waals surface area contributed by atoms with Crippen LogP contribution >= 0.6 is 0 Å². The molecule has 1 unspecified atom stereocenters. The lowest BCUT2D eigenvalue weighted by atomic mass is 9.98. The van der Waals surface area contributed by atoms with Crippen LogP contribution in [0, 0.1) is 5.92 Å². The van der Waals surface area contributed by atoms with Gasteiger partial charge in [-0.25, -0.2) is 4.98 Å². The Labute approximate surface area is 139 Å². The summed E-state index contributed by atoms with van der Waals surface area (Å²) in [7, 11) is 0. The molecule has 2 heterocycles. The van der Waals surface area contributed by atoms with Crippen molar-refractivity contribution < 1.29 is 9.59 Å². The predicted molar refractivity (Wildman–Crippen MR) is 87.8 cm³/mol. The smallest absolute Gasteiger partial charge is 0.251 e. The van der Waals surface area contributed by atoms with Crippen molar-refractivity contribution in [2.24, 2.45) is 5.92 Å². The minimum absolute atomic E-state index is 0.0239. The molecular weight excluding hydrogens is 306 g/mol. The summed E-state index contributed by atoms with van der Waals surface area (Å²) in [5.41, 5.74) is 2.38. The van der Waals surface area contributed by atoms with Gasteiger partial charge in [-0.05, 0) is 42.5 Å². The van der Waals surface area contributed by atoms with Gasteiger partial charge in [0.1, 0.15) is 12.2 Å². The molecule has 1 aromatic heterocycles. The lowest BCUT2D eigenvalue weighted by Gasteiger charge is -2.14. The number of rotatable bonds is 4. The fraction of sp³-hybridized carbons (Fsp3) is 0.412. The molecule has 1 aliphatic carbocycles. The van der Waals surface area contributed by atoms with E-state index in [9.17, 15) is 9.59 Å². The number of nitrogens with one attached hydrogen (secondary N) is 2. The molecule has 7 heteroatoms. The minimum atomic E-state index is -0.0948. The summed E-state index contributed by atoms with van der Waals surface area (Å²) < 4.78 is 0. The molecule has 4 rings (SSSR count). The van der Waals surface area contributed by atoms with Crippen LogP contribution < -0.4 is 10.2 Å². The number of aromatic amines is 1. The lowest BCUT2D eigenvalue weighted by molar-refractivity contribution is -0.116. The number of amides is 2. The van der Waals surface area contributed by atoms with Crippen molar-refractivity contribution in [1.82, 2.24) is 20.5 Å². The average Bonchev–Trinajstić information content (AvgIpc) is 3.09. The summed E-state index contributed by atoms with van der Waals surface area (Å²) in [6.07, 6.45) is 3.86. The van der Waals surface area contributed by atoms with Crippen LogP contribution in [0.25, 0.3) is 0 Å². The average molecular weight is 325 g/mol. The highest BCUT2D eigenvalue weighted by Crippen LogP contribution is 2.39. The number of fused-ring (bicyclic) bond motifs is 1. The molecular formula is C17H19N5O2. The largest absolute Gasteiger partial charge is 0.352 e. The number of hydrogen-bond acceptors (Lipinski definition) is 4. The van der Waals surface area contributed by atoms with E-state index in [0.717, 1.165) is 17.8 Å². The van der Waals surface area contributed by atoms with Gasteiger partial charge < -0.3 is 10.2 Å². The SMILES string of the molecule is CC(=O)N1CC(c2ncn[nH]2)c2cc(C(=O)NCC3CC3)ccc21. The number of carbonyl (C=O) groups is 2. The number of benzene rings is 1. The zero-order chi connectivity index (χ0) is 16.7. The summed E-state index contributed by atoms with van der Waals surface area (Å²) in [5.74, 6) is 1.16. The number of aromatic nitrogens is 3. The minimum Gasteiger partial charge on any atom is -0.352 e. The molecule has 1 saturated carbocycles. The molecule has 2 N–H and O–H groups in total. The molecule has 2 aromatic rings. The van der Waals surface area contributed by atoms with Gasteiger partial charge in [-0.3, -0.25) is 14.7 Å². The number of H-pyrrole nitrogens is 1. The first-order valence-corrected chi connectivity index (χ1v) is 8.19. The van der Waals surface area contributed by atoms with E-state index in [1.165, 1.54) is 19.2 Å².